The van der Waals surface area contributed by atoms with E-state index in [1.165, 1.54) is 6.92 Å². The van der Waals surface area contributed by atoms with Gasteiger partial charge in [0.15, 0.2) is 24.7 Å². The van der Waals surface area contributed by atoms with Crippen LogP contribution in [0.1, 0.15) is 92.4 Å². The Kier molecular flexibility index (Phi) is 12.6. The van der Waals surface area contributed by atoms with Gasteiger partial charge in [-0.3, -0.25) is 0 Å². The summed E-state index contributed by atoms with van der Waals surface area (Å²) in [5.41, 5.74) is -0.399. The van der Waals surface area contributed by atoms with Crippen LogP contribution >= 0.6 is 0 Å². The highest BCUT2D eigenvalue weighted by Gasteiger charge is 2.70. The largest absolute Gasteiger partial charge is 0.394 e. The van der Waals surface area contributed by atoms with Gasteiger partial charge in [-0.15, -0.1) is 0 Å². The van der Waals surface area contributed by atoms with E-state index in [0.717, 1.165) is 51.6 Å². The van der Waals surface area contributed by atoms with Gasteiger partial charge in [-0.2, -0.15) is 0 Å². The molecule has 0 radical (unpaired) electrons. The van der Waals surface area contributed by atoms with Crippen LogP contribution < -0.4 is 0 Å². The molecule has 61 heavy (non-hydrogen) atoms. The van der Waals surface area contributed by atoms with Crippen LogP contribution in [0.3, 0.4) is 0 Å². The van der Waals surface area contributed by atoms with Crippen molar-refractivity contribution in [3.8, 4) is 0 Å². The van der Waals surface area contributed by atoms with Crippen molar-refractivity contribution in [3.63, 3.8) is 0 Å². The second-order valence-corrected chi connectivity index (χ2v) is 21.1. The third-order valence-electron chi connectivity index (χ3n) is 18.0. The summed E-state index contributed by atoms with van der Waals surface area (Å²) in [7, 11) is 0. The fourth-order valence-corrected chi connectivity index (χ4v) is 14.4. The van der Waals surface area contributed by atoms with Crippen LogP contribution in [0, 0.1) is 52.3 Å². The minimum absolute atomic E-state index is 0.0585. The summed E-state index contributed by atoms with van der Waals surface area (Å²) in [6, 6.07) is 0. The lowest BCUT2D eigenvalue weighted by atomic mass is 9.43. The fraction of sp³-hybridized carbons (Fsp3) is 1.00. The van der Waals surface area contributed by atoms with Crippen molar-refractivity contribution in [2.24, 2.45) is 52.3 Å². The standard InChI is InChI=1S/C44H72O17/c1-18-8-11-44(55-16-18)19(2)30-27(61-44)14-25-23-7-6-21-12-22(57-40-37(53)35(51)33(49)28(15-45)58-40)13-29(43(21,5)24(23)9-10-42(25,30)4)59-41-38(32(48)26(46)17-54-41)60-39-36(52)34(50)31(47)20(3)56-39/h18-41,45-53H,6-17H2,1-5H3/t18-,19+,20+,21-,22-,23-,24+,25+,26-,27+,28-,29-,30+,31+,32+,33-,34-,35+,36-,37-,38-,39+,40-,41+,42+,43+,44-/m1/s1. The molecule has 4 saturated carbocycles. The van der Waals surface area contributed by atoms with Gasteiger partial charge in [0.25, 0.3) is 0 Å². The first-order chi connectivity index (χ1) is 28.9. The summed E-state index contributed by atoms with van der Waals surface area (Å²) in [6.45, 7) is 10.7. The average Bonchev–Trinajstić information content (AvgIpc) is 3.68. The van der Waals surface area contributed by atoms with Crippen LogP contribution in [0.4, 0.5) is 0 Å². The second-order valence-electron chi connectivity index (χ2n) is 21.1. The Labute approximate surface area is 357 Å². The fourth-order valence-electron chi connectivity index (χ4n) is 14.4. The molecule has 9 N–H and O–H groups in total. The molecular weight excluding hydrogens is 800 g/mol. The molecule has 17 nitrogen and oxygen atoms in total. The first kappa shape index (κ1) is 45.5. The van der Waals surface area contributed by atoms with E-state index < -0.39 is 116 Å². The monoisotopic (exact) mass is 872 g/mol. The highest BCUT2D eigenvalue weighted by atomic mass is 16.8. The summed E-state index contributed by atoms with van der Waals surface area (Å²) in [5, 5.41) is 95.9. The lowest BCUT2D eigenvalue weighted by molar-refractivity contribution is -0.369. The molecule has 5 heterocycles. The molecule has 9 rings (SSSR count). The molecule has 0 amide bonds. The summed E-state index contributed by atoms with van der Waals surface area (Å²) >= 11 is 0. The Hall–Kier alpha value is -0.680. The van der Waals surface area contributed by atoms with Gasteiger partial charge in [0.05, 0.1) is 44.2 Å². The molecule has 0 bridgehead atoms. The lowest BCUT2D eigenvalue weighted by Crippen LogP contribution is -2.65. The Bertz CT molecular complexity index is 1530. The number of hydrogen-bond donors (Lipinski definition) is 9. The zero-order valence-electron chi connectivity index (χ0n) is 36.1. The van der Waals surface area contributed by atoms with E-state index in [1.54, 1.807) is 0 Å². The van der Waals surface area contributed by atoms with Gasteiger partial charge in [0.1, 0.15) is 61.0 Å². The maximum absolute atomic E-state index is 11.4. The van der Waals surface area contributed by atoms with E-state index in [9.17, 15) is 46.0 Å². The van der Waals surface area contributed by atoms with Crippen molar-refractivity contribution in [3.05, 3.63) is 0 Å². The van der Waals surface area contributed by atoms with Gasteiger partial charge in [0, 0.05) is 18.8 Å². The molecule has 5 aliphatic heterocycles. The molecule has 0 aromatic rings. The van der Waals surface area contributed by atoms with Gasteiger partial charge < -0.3 is 83.9 Å². The van der Waals surface area contributed by atoms with E-state index in [0.29, 0.717) is 30.1 Å². The van der Waals surface area contributed by atoms with Gasteiger partial charge in [-0.25, -0.2) is 0 Å². The van der Waals surface area contributed by atoms with Crippen molar-refractivity contribution >= 4 is 0 Å². The van der Waals surface area contributed by atoms with Crippen molar-refractivity contribution in [1.29, 1.82) is 0 Å². The van der Waals surface area contributed by atoms with Gasteiger partial charge in [0.2, 0.25) is 0 Å². The first-order valence-corrected chi connectivity index (χ1v) is 23.2. The summed E-state index contributed by atoms with van der Waals surface area (Å²) in [5.74, 6) is 1.73. The number of rotatable bonds is 7. The topological polar surface area (TPSA) is 256 Å². The van der Waals surface area contributed by atoms with E-state index in [1.807, 2.05) is 0 Å². The second kappa shape index (κ2) is 16.9. The highest BCUT2D eigenvalue weighted by Crippen LogP contribution is 2.72. The van der Waals surface area contributed by atoms with Crippen molar-refractivity contribution in [1.82, 2.24) is 0 Å². The zero-order chi connectivity index (χ0) is 43.5. The molecular formula is C44H72O17. The Morgan fingerprint density at radius 3 is 2.08 bits per heavy atom. The summed E-state index contributed by atoms with van der Waals surface area (Å²) in [4.78, 5) is 0. The Morgan fingerprint density at radius 1 is 0.656 bits per heavy atom. The number of aliphatic hydroxyl groups is 9. The predicted octanol–water partition coefficient (Wildman–Crippen LogP) is -0.0961. The molecule has 1 spiro atoms. The number of aliphatic hydroxyl groups excluding tert-OH is 9. The number of ether oxygens (including phenoxy) is 8. The minimum Gasteiger partial charge on any atom is -0.394 e. The zero-order valence-corrected chi connectivity index (χ0v) is 36.1. The lowest BCUT2D eigenvalue weighted by Gasteiger charge is -2.63. The maximum Gasteiger partial charge on any atom is 0.187 e. The smallest absolute Gasteiger partial charge is 0.187 e. The number of hydrogen-bond acceptors (Lipinski definition) is 17. The molecule has 17 heteroatoms. The van der Waals surface area contributed by atoms with E-state index in [-0.39, 0.29) is 42.3 Å². The minimum atomic E-state index is -1.68. The van der Waals surface area contributed by atoms with Crippen LogP contribution in [0.25, 0.3) is 0 Å². The summed E-state index contributed by atoms with van der Waals surface area (Å²) < 4.78 is 50.9. The van der Waals surface area contributed by atoms with Crippen LogP contribution in [0.15, 0.2) is 0 Å². The van der Waals surface area contributed by atoms with E-state index in [2.05, 4.69) is 27.7 Å². The third-order valence-corrected chi connectivity index (χ3v) is 18.0. The van der Waals surface area contributed by atoms with Gasteiger partial charge in [-0.1, -0.05) is 27.7 Å². The molecule has 4 aliphatic carbocycles. The maximum atomic E-state index is 11.4. The van der Waals surface area contributed by atoms with Gasteiger partial charge in [-0.05, 0) is 98.2 Å². The van der Waals surface area contributed by atoms with Gasteiger partial charge >= 0.3 is 0 Å². The first-order valence-electron chi connectivity index (χ1n) is 23.2. The van der Waals surface area contributed by atoms with Crippen LogP contribution in [-0.4, -0.2) is 176 Å². The molecule has 9 aliphatic rings. The van der Waals surface area contributed by atoms with Crippen molar-refractivity contribution in [2.75, 3.05) is 19.8 Å². The van der Waals surface area contributed by atoms with E-state index in [4.69, 9.17) is 37.9 Å². The van der Waals surface area contributed by atoms with E-state index >= 15 is 0 Å². The normalized spacial score (nSPS) is 59.7. The Morgan fingerprint density at radius 2 is 1.38 bits per heavy atom. The van der Waals surface area contributed by atoms with Crippen LogP contribution in [-0.2, 0) is 37.9 Å². The average molecular weight is 873 g/mol. The third kappa shape index (κ3) is 7.40. The number of fused-ring (bicyclic) bond motifs is 7. The molecule has 0 aromatic carbocycles. The quantitative estimate of drug-likeness (QED) is 0.152. The molecule has 350 valence electrons. The molecule has 0 aromatic heterocycles. The van der Waals surface area contributed by atoms with Crippen molar-refractivity contribution < 1.29 is 83.9 Å². The van der Waals surface area contributed by atoms with Crippen molar-refractivity contribution in [2.45, 2.75) is 203 Å². The molecule has 27 atom stereocenters. The SMILES string of the molecule is C[C@@H]1CC[C@@]2(OC1)O[C@H]1C[C@H]3[C@@H]4CC[C@@H]5C[C@@H](O[C@@H]6O[C@H](CO)[C@@H](O)[C@H](O)[C@H]6O)C[C@@H](O[C@@H]6OC[C@@H](O)[C@H](O)[C@H]6O[C@@H]6O[C@@H](C)[C@H](O)[C@@H](O)[C@H]6O)[C@]5(C)[C@H]4CC[C@]3(C)[C@H]1[C@@H]2C. The molecule has 5 saturated heterocycles. The highest BCUT2D eigenvalue weighted by molar-refractivity contribution is 5.17. The Balaban J connectivity index is 1.000. The summed E-state index contributed by atoms with van der Waals surface area (Å²) in [6.07, 6.45) is -13.2. The predicted molar refractivity (Wildman–Crippen MR) is 210 cm³/mol. The van der Waals surface area contributed by atoms with Crippen LogP contribution in [0.5, 0.6) is 0 Å². The van der Waals surface area contributed by atoms with Crippen LogP contribution in [0.2, 0.25) is 0 Å². The molecule has 0 unspecified atom stereocenters. The molecule has 9 fully saturated rings.